The summed E-state index contributed by atoms with van der Waals surface area (Å²) < 4.78 is 12.7. The molecular formula is C18H18N2O2. The van der Waals surface area contributed by atoms with Crippen LogP contribution in [0.25, 0.3) is 16.8 Å². The van der Waals surface area contributed by atoms with Gasteiger partial charge in [-0.15, -0.1) is 0 Å². The van der Waals surface area contributed by atoms with E-state index in [1.54, 1.807) is 14.2 Å². The number of hydrogen-bond acceptors (Lipinski definition) is 3. The minimum absolute atomic E-state index is 0.730. The maximum Gasteiger partial charge on any atom is 0.224 e. The van der Waals surface area contributed by atoms with Crippen LogP contribution in [-0.2, 0) is 0 Å². The number of ether oxygens (including phenoxy) is 2. The molecule has 0 aliphatic heterocycles. The van der Waals surface area contributed by atoms with Crippen LogP contribution in [0.5, 0.6) is 11.6 Å². The van der Waals surface area contributed by atoms with Crippen molar-refractivity contribution in [2.75, 3.05) is 14.2 Å². The molecule has 4 nitrogen and oxygen atoms in total. The Morgan fingerprint density at radius 1 is 0.864 bits per heavy atom. The van der Waals surface area contributed by atoms with E-state index >= 15 is 0 Å². The van der Waals surface area contributed by atoms with Crippen molar-refractivity contribution in [3.05, 3.63) is 60.3 Å². The molecule has 22 heavy (non-hydrogen) atoms. The molecule has 0 bridgehead atoms. The number of rotatable bonds is 4. The fourth-order valence-electron chi connectivity index (χ4n) is 2.53. The van der Waals surface area contributed by atoms with Gasteiger partial charge in [0.15, 0.2) is 0 Å². The lowest BCUT2D eigenvalue weighted by Crippen LogP contribution is -1.99. The Labute approximate surface area is 129 Å². The summed E-state index contributed by atoms with van der Waals surface area (Å²) in [6, 6.07) is 17.9. The molecule has 0 radical (unpaired) electrons. The third kappa shape index (κ3) is 2.44. The van der Waals surface area contributed by atoms with Gasteiger partial charge in [0.1, 0.15) is 5.75 Å². The van der Waals surface area contributed by atoms with Gasteiger partial charge in [-0.1, -0.05) is 30.3 Å². The van der Waals surface area contributed by atoms with Crippen LogP contribution in [0.4, 0.5) is 0 Å². The average molecular weight is 294 g/mol. The van der Waals surface area contributed by atoms with Crippen molar-refractivity contribution in [3.63, 3.8) is 0 Å². The van der Waals surface area contributed by atoms with Crippen molar-refractivity contribution in [2.45, 2.75) is 6.92 Å². The van der Waals surface area contributed by atoms with Crippen molar-refractivity contribution in [1.29, 1.82) is 0 Å². The Hall–Kier alpha value is -2.75. The van der Waals surface area contributed by atoms with Crippen molar-refractivity contribution in [1.82, 2.24) is 9.78 Å². The van der Waals surface area contributed by atoms with E-state index in [2.05, 4.69) is 5.10 Å². The second-order valence-corrected chi connectivity index (χ2v) is 4.95. The van der Waals surface area contributed by atoms with E-state index in [1.165, 1.54) is 0 Å². The molecule has 0 aliphatic rings. The minimum Gasteiger partial charge on any atom is -0.497 e. The SMILES string of the molecule is COc1ccc(-c2c(C)nn(-c3ccccc3)c2OC)cc1. The normalized spacial score (nSPS) is 10.5. The van der Waals surface area contributed by atoms with Crippen LogP contribution in [0.2, 0.25) is 0 Å². The van der Waals surface area contributed by atoms with E-state index in [-0.39, 0.29) is 0 Å². The molecule has 0 saturated heterocycles. The fourth-order valence-corrected chi connectivity index (χ4v) is 2.53. The van der Waals surface area contributed by atoms with E-state index in [4.69, 9.17) is 9.47 Å². The molecular weight excluding hydrogens is 276 g/mol. The first-order valence-corrected chi connectivity index (χ1v) is 7.08. The van der Waals surface area contributed by atoms with Crippen LogP contribution in [0, 0.1) is 6.92 Å². The number of benzene rings is 2. The third-order valence-electron chi connectivity index (χ3n) is 3.59. The second-order valence-electron chi connectivity index (χ2n) is 4.95. The molecule has 0 fully saturated rings. The van der Waals surface area contributed by atoms with Gasteiger partial charge in [0.25, 0.3) is 0 Å². The number of aromatic nitrogens is 2. The summed E-state index contributed by atoms with van der Waals surface area (Å²) in [4.78, 5) is 0. The lowest BCUT2D eigenvalue weighted by Gasteiger charge is -2.08. The van der Waals surface area contributed by atoms with Gasteiger partial charge in [-0.2, -0.15) is 5.10 Å². The molecule has 0 N–H and O–H groups in total. The van der Waals surface area contributed by atoms with Crippen molar-refractivity contribution in [2.24, 2.45) is 0 Å². The summed E-state index contributed by atoms with van der Waals surface area (Å²) in [5, 5.41) is 4.63. The Bertz CT molecular complexity index is 762. The topological polar surface area (TPSA) is 36.3 Å². The molecule has 1 aromatic heterocycles. The molecule has 2 aromatic carbocycles. The number of nitrogens with zero attached hydrogens (tertiary/aromatic N) is 2. The molecule has 0 atom stereocenters. The van der Waals surface area contributed by atoms with Gasteiger partial charge in [0.05, 0.1) is 31.2 Å². The maximum absolute atomic E-state index is 5.63. The zero-order valence-corrected chi connectivity index (χ0v) is 12.9. The first kappa shape index (κ1) is 14.2. The molecule has 3 rings (SSSR count). The molecule has 0 saturated carbocycles. The molecule has 112 valence electrons. The predicted molar refractivity (Wildman–Crippen MR) is 86.8 cm³/mol. The Kier molecular flexibility index (Phi) is 3.83. The molecule has 0 spiro atoms. The Balaban J connectivity index is 2.13. The van der Waals surface area contributed by atoms with Gasteiger partial charge in [-0.25, -0.2) is 4.68 Å². The third-order valence-corrected chi connectivity index (χ3v) is 3.59. The smallest absolute Gasteiger partial charge is 0.224 e. The van der Waals surface area contributed by atoms with E-state index in [1.807, 2.05) is 66.2 Å². The van der Waals surface area contributed by atoms with Crippen molar-refractivity contribution in [3.8, 4) is 28.4 Å². The first-order chi connectivity index (χ1) is 10.7. The van der Waals surface area contributed by atoms with Gasteiger partial charge in [-0.3, -0.25) is 0 Å². The second kappa shape index (κ2) is 5.93. The number of aryl methyl sites for hydroxylation is 1. The van der Waals surface area contributed by atoms with Gasteiger partial charge in [0.2, 0.25) is 5.88 Å². The Morgan fingerprint density at radius 3 is 2.14 bits per heavy atom. The monoisotopic (exact) mass is 294 g/mol. The van der Waals surface area contributed by atoms with E-state index in [0.29, 0.717) is 0 Å². The van der Waals surface area contributed by atoms with Crippen LogP contribution in [-0.4, -0.2) is 24.0 Å². The summed E-state index contributed by atoms with van der Waals surface area (Å²) in [6.45, 7) is 1.99. The standard InChI is InChI=1S/C18H18N2O2/c1-13-17(14-9-11-16(21-2)12-10-14)18(22-3)20(19-13)15-7-5-4-6-8-15/h4-12H,1-3H3. The van der Waals surface area contributed by atoms with Gasteiger partial charge in [0, 0.05) is 0 Å². The number of methoxy groups -OCH3 is 2. The van der Waals surface area contributed by atoms with E-state index in [0.717, 1.165) is 34.1 Å². The summed E-state index contributed by atoms with van der Waals surface area (Å²) >= 11 is 0. The van der Waals surface area contributed by atoms with Gasteiger partial charge < -0.3 is 9.47 Å². The van der Waals surface area contributed by atoms with Crippen LogP contribution in [0.15, 0.2) is 54.6 Å². The molecule has 0 amide bonds. The highest BCUT2D eigenvalue weighted by Crippen LogP contribution is 2.35. The molecule has 0 unspecified atom stereocenters. The van der Waals surface area contributed by atoms with Crippen molar-refractivity contribution < 1.29 is 9.47 Å². The summed E-state index contributed by atoms with van der Waals surface area (Å²) in [7, 11) is 3.33. The Morgan fingerprint density at radius 2 is 1.55 bits per heavy atom. The lowest BCUT2D eigenvalue weighted by molar-refractivity contribution is 0.385. The predicted octanol–water partition coefficient (Wildman–Crippen LogP) is 3.86. The van der Waals surface area contributed by atoms with E-state index < -0.39 is 0 Å². The number of para-hydroxylation sites is 1. The zero-order valence-electron chi connectivity index (χ0n) is 12.9. The summed E-state index contributed by atoms with van der Waals surface area (Å²) in [5.74, 6) is 1.56. The maximum atomic E-state index is 5.63. The first-order valence-electron chi connectivity index (χ1n) is 7.08. The number of hydrogen-bond donors (Lipinski definition) is 0. The molecule has 4 heteroatoms. The highest BCUT2D eigenvalue weighted by molar-refractivity contribution is 5.72. The van der Waals surface area contributed by atoms with Crippen LogP contribution in [0.1, 0.15) is 5.69 Å². The van der Waals surface area contributed by atoms with Gasteiger partial charge >= 0.3 is 0 Å². The van der Waals surface area contributed by atoms with Crippen LogP contribution < -0.4 is 9.47 Å². The van der Waals surface area contributed by atoms with E-state index in [9.17, 15) is 0 Å². The summed E-state index contributed by atoms with van der Waals surface area (Å²) in [5.41, 5.74) is 3.94. The largest absolute Gasteiger partial charge is 0.497 e. The molecule has 3 aromatic rings. The fraction of sp³-hybridized carbons (Fsp3) is 0.167. The van der Waals surface area contributed by atoms with Crippen LogP contribution in [0.3, 0.4) is 0 Å². The quantitative estimate of drug-likeness (QED) is 0.733. The summed E-state index contributed by atoms with van der Waals surface area (Å²) in [6.07, 6.45) is 0. The van der Waals surface area contributed by atoms with Gasteiger partial charge in [-0.05, 0) is 36.8 Å². The minimum atomic E-state index is 0.730. The lowest BCUT2D eigenvalue weighted by atomic mass is 10.1. The molecule has 0 aliphatic carbocycles. The van der Waals surface area contributed by atoms with Crippen LogP contribution >= 0.6 is 0 Å². The zero-order chi connectivity index (χ0) is 15.5. The highest BCUT2D eigenvalue weighted by atomic mass is 16.5. The van der Waals surface area contributed by atoms with Crippen molar-refractivity contribution >= 4 is 0 Å². The highest BCUT2D eigenvalue weighted by Gasteiger charge is 2.18. The average Bonchev–Trinajstić information content (AvgIpc) is 2.92. The molecule has 1 heterocycles.